The molecule has 1 aromatic heterocycles. The summed E-state index contributed by atoms with van der Waals surface area (Å²) in [5, 5.41) is 0. The summed E-state index contributed by atoms with van der Waals surface area (Å²) in [6.45, 7) is 0.236. The molecule has 70 valence electrons. The van der Waals surface area contributed by atoms with Crippen LogP contribution < -0.4 is 5.73 Å². The van der Waals surface area contributed by atoms with Crippen molar-refractivity contribution in [1.29, 1.82) is 0 Å². The average molecular weight is 232 g/mol. The van der Waals surface area contributed by atoms with Gasteiger partial charge >= 0.3 is 10.2 Å². The Hall–Kier alpha value is -0.170. The fourth-order valence-corrected chi connectivity index (χ4v) is 2.16. The highest BCUT2D eigenvalue weighted by Gasteiger charge is 2.13. The molecule has 0 aliphatic carbocycles. The molecule has 0 radical (unpaired) electrons. The summed E-state index contributed by atoms with van der Waals surface area (Å²) < 4.78 is 32.5. The molecule has 0 bridgehead atoms. The number of nitrogens with two attached hydrogens (primary N) is 1. The minimum Gasteiger partial charge on any atom is -0.326 e. The SMILES string of the molecule is Cl.NCc1ccc(S(=O)(=O)F)s1. The minimum atomic E-state index is -4.53. The van der Waals surface area contributed by atoms with Crippen LogP contribution in [-0.4, -0.2) is 8.42 Å². The third kappa shape index (κ3) is 2.71. The highest BCUT2D eigenvalue weighted by atomic mass is 35.5. The molecule has 1 rings (SSSR count). The Morgan fingerprint density at radius 1 is 1.50 bits per heavy atom. The summed E-state index contributed by atoms with van der Waals surface area (Å²) in [4.78, 5) is 0.654. The van der Waals surface area contributed by atoms with Crippen LogP contribution in [0.25, 0.3) is 0 Å². The molecule has 1 aromatic rings. The molecule has 1 heterocycles. The van der Waals surface area contributed by atoms with Gasteiger partial charge in [-0.3, -0.25) is 0 Å². The van der Waals surface area contributed by atoms with Crippen molar-refractivity contribution < 1.29 is 12.3 Å². The van der Waals surface area contributed by atoms with E-state index in [-0.39, 0.29) is 23.2 Å². The molecule has 0 spiro atoms. The molecule has 0 unspecified atom stereocenters. The van der Waals surface area contributed by atoms with Gasteiger partial charge in [0.25, 0.3) is 0 Å². The molecule has 0 aliphatic rings. The molecule has 7 heteroatoms. The van der Waals surface area contributed by atoms with Crippen LogP contribution in [0.1, 0.15) is 4.88 Å². The quantitative estimate of drug-likeness (QED) is 0.781. The number of thiophene rings is 1. The van der Waals surface area contributed by atoms with E-state index in [0.717, 1.165) is 11.3 Å². The van der Waals surface area contributed by atoms with Crippen molar-refractivity contribution in [3.05, 3.63) is 17.0 Å². The van der Waals surface area contributed by atoms with E-state index in [1.807, 2.05) is 0 Å². The molecular formula is C5H7ClFNO2S2. The molecule has 0 fully saturated rings. The van der Waals surface area contributed by atoms with Crippen molar-refractivity contribution in [3.8, 4) is 0 Å². The van der Waals surface area contributed by atoms with E-state index in [9.17, 15) is 12.3 Å². The van der Waals surface area contributed by atoms with Crippen LogP contribution in [-0.2, 0) is 16.8 Å². The van der Waals surface area contributed by atoms with Gasteiger partial charge in [-0.05, 0) is 12.1 Å². The predicted molar refractivity (Wildman–Crippen MR) is 47.8 cm³/mol. The lowest BCUT2D eigenvalue weighted by molar-refractivity contribution is 0.554. The Kier molecular flexibility index (Phi) is 4.12. The third-order valence-electron chi connectivity index (χ3n) is 1.08. The summed E-state index contributed by atoms with van der Waals surface area (Å²) >= 11 is 0.852. The monoisotopic (exact) mass is 231 g/mol. The van der Waals surface area contributed by atoms with E-state index in [2.05, 4.69) is 0 Å². The first-order valence-electron chi connectivity index (χ1n) is 2.77. The van der Waals surface area contributed by atoms with Crippen LogP contribution >= 0.6 is 23.7 Å². The van der Waals surface area contributed by atoms with E-state index in [1.165, 1.54) is 12.1 Å². The zero-order chi connectivity index (χ0) is 8.48. The second-order valence-corrected chi connectivity index (χ2v) is 4.60. The van der Waals surface area contributed by atoms with Crippen molar-refractivity contribution in [2.45, 2.75) is 10.8 Å². The van der Waals surface area contributed by atoms with Crippen LogP contribution in [0.3, 0.4) is 0 Å². The van der Waals surface area contributed by atoms with Crippen LogP contribution in [0.15, 0.2) is 16.3 Å². The summed E-state index contributed by atoms with van der Waals surface area (Å²) in [6, 6.07) is 2.71. The van der Waals surface area contributed by atoms with E-state index in [0.29, 0.717) is 4.88 Å². The fraction of sp³-hybridized carbons (Fsp3) is 0.200. The third-order valence-corrected chi connectivity index (χ3v) is 3.44. The van der Waals surface area contributed by atoms with Gasteiger partial charge in [0.15, 0.2) is 4.21 Å². The van der Waals surface area contributed by atoms with Crippen molar-refractivity contribution in [2.75, 3.05) is 0 Å². The highest BCUT2D eigenvalue weighted by molar-refractivity contribution is 7.88. The van der Waals surface area contributed by atoms with Crippen molar-refractivity contribution >= 4 is 34.0 Å². The summed E-state index contributed by atoms with van der Waals surface area (Å²) in [7, 11) is -4.53. The Morgan fingerprint density at radius 3 is 2.33 bits per heavy atom. The molecule has 3 nitrogen and oxygen atoms in total. The Balaban J connectivity index is 0.00000121. The zero-order valence-electron chi connectivity index (χ0n) is 5.86. The average Bonchev–Trinajstić information content (AvgIpc) is 2.32. The van der Waals surface area contributed by atoms with Gasteiger partial charge in [-0.15, -0.1) is 23.7 Å². The normalized spacial score (nSPS) is 10.8. The van der Waals surface area contributed by atoms with Crippen LogP contribution in [0.5, 0.6) is 0 Å². The van der Waals surface area contributed by atoms with Gasteiger partial charge in [-0.25, -0.2) is 0 Å². The number of halogens is 2. The van der Waals surface area contributed by atoms with E-state index < -0.39 is 10.2 Å². The lowest BCUT2D eigenvalue weighted by Gasteiger charge is -1.85. The molecule has 12 heavy (non-hydrogen) atoms. The van der Waals surface area contributed by atoms with Crippen LogP contribution in [0.2, 0.25) is 0 Å². The molecule has 2 N–H and O–H groups in total. The van der Waals surface area contributed by atoms with Crippen molar-refractivity contribution in [1.82, 2.24) is 0 Å². The maximum Gasteiger partial charge on any atom is 0.341 e. The lowest BCUT2D eigenvalue weighted by Crippen LogP contribution is -1.91. The van der Waals surface area contributed by atoms with E-state index in [4.69, 9.17) is 5.73 Å². The maximum atomic E-state index is 12.2. The van der Waals surface area contributed by atoms with Gasteiger partial charge in [0.1, 0.15) is 0 Å². The van der Waals surface area contributed by atoms with E-state index >= 15 is 0 Å². The maximum absolute atomic E-state index is 12.2. The minimum absolute atomic E-state index is 0. The van der Waals surface area contributed by atoms with Gasteiger partial charge in [0.2, 0.25) is 0 Å². The molecule has 0 amide bonds. The van der Waals surface area contributed by atoms with E-state index in [1.54, 1.807) is 0 Å². The number of hydrogen-bond donors (Lipinski definition) is 1. The molecule has 0 saturated heterocycles. The molecule has 0 aromatic carbocycles. The van der Waals surface area contributed by atoms with Crippen LogP contribution in [0.4, 0.5) is 3.89 Å². The fourth-order valence-electron chi connectivity index (χ4n) is 0.599. The first-order valence-corrected chi connectivity index (χ1v) is 4.97. The lowest BCUT2D eigenvalue weighted by atomic mass is 10.5. The van der Waals surface area contributed by atoms with Gasteiger partial charge in [0.05, 0.1) is 0 Å². The smallest absolute Gasteiger partial charge is 0.326 e. The molecule has 0 saturated carbocycles. The zero-order valence-corrected chi connectivity index (χ0v) is 8.31. The first kappa shape index (κ1) is 11.8. The number of rotatable bonds is 2. The van der Waals surface area contributed by atoms with Gasteiger partial charge in [-0.1, -0.05) is 3.89 Å². The summed E-state index contributed by atoms with van der Waals surface area (Å²) in [6.07, 6.45) is 0. The van der Waals surface area contributed by atoms with Gasteiger partial charge < -0.3 is 5.73 Å². The van der Waals surface area contributed by atoms with Gasteiger partial charge in [0, 0.05) is 11.4 Å². The number of hydrogen-bond acceptors (Lipinski definition) is 4. The second kappa shape index (κ2) is 4.18. The Labute approximate surface area is 80.0 Å². The predicted octanol–water partition coefficient (Wildman–Crippen LogP) is 1.29. The summed E-state index contributed by atoms with van der Waals surface area (Å²) in [5.74, 6) is 0. The Morgan fingerprint density at radius 2 is 2.08 bits per heavy atom. The van der Waals surface area contributed by atoms with Crippen molar-refractivity contribution in [2.24, 2.45) is 5.73 Å². The Bertz CT molecular complexity index is 348. The molecule has 0 aliphatic heterocycles. The first-order chi connectivity index (χ1) is 5.04. The summed E-state index contributed by atoms with van der Waals surface area (Å²) in [5.41, 5.74) is 5.20. The largest absolute Gasteiger partial charge is 0.341 e. The topological polar surface area (TPSA) is 60.2 Å². The van der Waals surface area contributed by atoms with Crippen LogP contribution in [0, 0.1) is 0 Å². The highest BCUT2D eigenvalue weighted by Crippen LogP contribution is 2.22. The van der Waals surface area contributed by atoms with Gasteiger partial charge in [-0.2, -0.15) is 8.42 Å². The second-order valence-electron chi connectivity index (χ2n) is 1.86. The van der Waals surface area contributed by atoms with Crippen molar-refractivity contribution in [3.63, 3.8) is 0 Å². The standard InChI is InChI=1S/C5H6FNO2S2.ClH/c6-11(8,9)5-2-1-4(3-7)10-5;/h1-2H,3,7H2;1H. The molecule has 0 atom stereocenters. The molecular weight excluding hydrogens is 225 g/mol.